The van der Waals surface area contributed by atoms with Crippen LogP contribution in [0.1, 0.15) is 20.8 Å². The highest BCUT2D eigenvalue weighted by atomic mass is 32.1. The molecule has 0 atom stereocenters. The van der Waals surface area contributed by atoms with E-state index in [0.717, 1.165) is 0 Å². The zero-order valence-corrected chi connectivity index (χ0v) is 6.25. The van der Waals surface area contributed by atoms with Gasteiger partial charge >= 0.3 is 0 Å². The Kier molecular flexibility index (Phi) is 2.95. The zero-order valence-electron chi connectivity index (χ0n) is 5.43. The molecular formula is C5H9BNS. The van der Waals surface area contributed by atoms with E-state index in [1.165, 1.54) is 0 Å². The highest BCUT2D eigenvalue weighted by Crippen LogP contribution is 2.19. The van der Waals surface area contributed by atoms with Crippen molar-refractivity contribution < 1.29 is 0 Å². The molecule has 0 heterocycles. The van der Waals surface area contributed by atoms with Crippen LogP contribution in [0.3, 0.4) is 0 Å². The van der Waals surface area contributed by atoms with Gasteiger partial charge in [-0.2, -0.15) is 0 Å². The van der Waals surface area contributed by atoms with Crippen LogP contribution in [0.15, 0.2) is 4.90 Å². The molecule has 0 aliphatic heterocycles. The summed E-state index contributed by atoms with van der Waals surface area (Å²) in [6.07, 6.45) is 0. The lowest BCUT2D eigenvalue weighted by molar-refractivity contribution is 0.752. The Hall–Kier alpha value is -0.135. The maximum absolute atomic E-state index is 4.37. The number of isothiocyanates is 1. The van der Waals surface area contributed by atoms with Gasteiger partial charge in [-0.05, 0) is 17.5 Å². The van der Waals surface area contributed by atoms with Crippen LogP contribution in [0.2, 0.25) is 5.31 Å². The highest BCUT2D eigenvalue weighted by Gasteiger charge is 2.10. The van der Waals surface area contributed by atoms with Gasteiger partial charge < -0.3 is 4.90 Å². The van der Waals surface area contributed by atoms with Gasteiger partial charge in [0.25, 0.3) is 7.41 Å². The normalized spacial score (nSPS) is 9.88. The lowest BCUT2D eigenvalue weighted by atomic mass is 9.65. The van der Waals surface area contributed by atoms with E-state index in [4.69, 9.17) is 0 Å². The number of thiocarbonyl (C=S) groups is 1. The summed E-state index contributed by atoms with van der Waals surface area (Å²) in [6.45, 7) is 6.18. The summed E-state index contributed by atoms with van der Waals surface area (Å²) in [5.41, 5.74) is 0. The van der Waals surface area contributed by atoms with Crippen LogP contribution >= 0.6 is 12.2 Å². The van der Waals surface area contributed by atoms with Gasteiger partial charge in [-0.15, -0.1) is 0 Å². The van der Waals surface area contributed by atoms with Crippen LogP contribution in [0.4, 0.5) is 0 Å². The van der Waals surface area contributed by atoms with Gasteiger partial charge in [0.05, 0.1) is 0 Å². The van der Waals surface area contributed by atoms with Crippen LogP contribution in [-0.2, 0) is 0 Å². The minimum Gasteiger partial charge on any atom is -0.300 e. The van der Waals surface area contributed by atoms with Crippen molar-refractivity contribution in [1.29, 1.82) is 0 Å². The molecule has 43 valence electrons. The van der Waals surface area contributed by atoms with Crippen LogP contribution in [0, 0.1) is 0 Å². The Labute approximate surface area is 56.5 Å². The third-order valence-electron chi connectivity index (χ3n) is 0.505. The average Bonchev–Trinajstić information content (AvgIpc) is 1.59. The van der Waals surface area contributed by atoms with Gasteiger partial charge in [0.1, 0.15) is 0 Å². The van der Waals surface area contributed by atoms with Crippen molar-refractivity contribution in [3.8, 4) is 0 Å². The Bertz CT molecular complexity index is 110. The first kappa shape index (κ1) is 7.86. The van der Waals surface area contributed by atoms with E-state index in [2.05, 4.69) is 43.1 Å². The molecule has 0 aliphatic rings. The summed E-state index contributed by atoms with van der Waals surface area (Å²) in [5.74, 6) is 0. The van der Waals surface area contributed by atoms with E-state index in [1.54, 1.807) is 7.41 Å². The topological polar surface area (TPSA) is 12.4 Å². The van der Waals surface area contributed by atoms with Crippen LogP contribution in [0.5, 0.6) is 0 Å². The van der Waals surface area contributed by atoms with Gasteiger partial charge in [0.2, 0.25) is 0 Å². The lowest BCUT2D eigenvalue weighted by Crippen LogP contribution is -2.04. The predicted octanol–water partition coefficient (Wildman–Crippen LogP) is 1.93. The summed E-state index contributed by atoms with van der Waals surface area (Å²) >= 11 is 4.37. The molecule has 1 nitrogen and oxygen atoms in total. The highest BCUT2D eigenvalue weighted by molar-refractivity contribution is 7.78. The Balaban J connectivity index is 3.55. The average molecular weight is 126 g/mol. The minimum atomic E-state index is 0.131. The van der Waals surface area contributed by atoms with Crippen LogP contribution < -0.4 is 0 Å². The van der Waals surface area contributed by atoms with Crippen LogP contribution in [0.25, 0.3) is 0 Å². The van der Waals surface area contributed by atoms with Crippen molar-refractivity contribution in [2.24, 2.45) is 4.90 Å². The van der Waals surface area contributed by atoms with E-state index in [1.807, 2.05) is 0 Å². The monoisotopic (exact) mass is 126 g/mol. The van der Waals surface area contributed by atoms with E-state index in [-0.39, 0.29) is 5.31 Å². The summed E-state index contributed by atoms with van der Waals surface area (Å²) < 4.78 is 0. The molecule has 0 saturated heterocycles. The summed E-state index contributed by atoms with van der Waals surface area (Å²) in [6, 6.07) is 0. The number of rotatable bonds is 1. The maximum Gasteiger partial charge on any atom is 0.295 e. The molecule has 0 spiro atoms. The van der Waals surface area contributed by atoms with Crippen molar-refractivity contribution >= 4 is 24.8 Å². The molecule has 0 N–H and O–H groups in total. The third kappa shape index (κ3) is 5.86. The van der Waals surface area contributed by atoms with Gasteiger partial charge in [0, 0.05) is 5.16 Å². The Morgan fingerprint density at radius 2 is 2.00 bits per heavy atom. The van der Waals surface area contributed by atoms with Crippen molar-refractivity contribution in [2.75, 3.05) is 0 Å². The van der Waals surface area contributed by atoms with E-state index >= 15 is 0 Å². The fourth-order valence-corrected chi connectivity index (χ4v) is 0.273. The smallest absolute Gasteiger partial charge is 0.295 e. The van der Waals surface area contributed by atoms with Gasteiger partial charge in [-0.1, -0.05) is 20.8 Å². The largest absolute Gasteiger partial charge is 0.300 e. The van der Waals surface area contributed by atoms with Crippen molar-refractivity contribution in [2.45, 2.75) is 26.1 Å². The molecule has 3 heteroatoms. The Morgan fingerprint density at radius 1 is 1.50 bits per heavy atom. The number of hydrogen-bond donors (Lipinski definition) is 0. The SMILES string of the molecule is CC(C)(C)[B]N=C=S. The molecule has 0 amide bonds. The molecule has 0 unspecified atom stereocenters. The molecule has 0 aromatic rings. The van der Waals surface area contributed by atoms with E-state index in [0.29, 0.717) is 0 Å². The fourth-order valence-electron chi connectivity index (χ4n) is 0.220. The first-order valence-electron chi connectivity index (χ1n) is 2.47. The lowest BCUT2D eigenvalue weighted by Gasteiger charge is -2.09. The maximum atomic E-state index is 4.37. The quantitative estimate of drug-likeness (QED) is 0.297. The van der Waals surface area contributed by atoms with Crippen molar-refractivity contribution in [1.82, 2.24) is 0 Å². The number of hydrogen-bond acceptors (Lipinski definition) is 2. The zero-order chi connectivity index (χ0) is 6.62. The molecule has 0 aromatic carbocycles. The van der Waals surface area contributed by atoms with Gasteiger partial charge in [-0.25, -0.2) is 0 Å². The summed E-state index contributed by atoms with van der Waals surface area (Å²) in [7, 11) is 1.78. The summed E-state index contributed by atoms with van der Waals surface area (Å²) in [4.78, 5) is 3.68. The van der Waals surface area contributed by atoms with E-state index < -0.39 is 0 Å². The first-order valence-corrected chi connectivity index (χ1v) is 2.88. The molecule has 0 aliphatic carbocycles. The minimum absolute atomic E-state index is 0.131. The standard InChI is InChI=1S/C5H9BNS/c1-5(2,3)6-7-4-8/h1-3H3. The van der Waals surface area contributed by atoms with Gasteiger partial charge in [0.15, 0.2) is 0 Å². The van der Waals surface area contributed by atoms with Crippen LogP contribution in [-0.4, -0.2) is 12.6 Å². The molecular weight excluding hydrogens is 117 g/mol. The van der Waals surface area contributed by atoms with Crippen molar-refractivity contribution in [3.63, 3.8) is 0 Å². The van der Waals surface area contributed by atoms with Crippen molar-refractivity contribution in [3.05, 3.63) is 0 Å². The third-order valence-corrected chi connectivity index (χ3v) is 0.610. The second kappa shape index (κ2) is 3.00. The second-order valence-corrected chi connectivity index (χ2v) is 2.90. The molecule has 0 bridgehead atoms. The molecule has 0 aromatic heterocycles. The molecule has 0 fully saturated rings. The summed E-state index contributed by atoms with van der Waals surface area (Å²) in [5, 5.41) is 2.41. The molecule has 1 radical (unpaired) electrons. The second-order valence-electron chi connectivity index (χ2n) is 2.72. The van der Waals surface area contributed by atoms with Gasteiger partial charge in [-0.3, -0.25) is 0 Å². The fraction of sp³-hybridized carbons (Fsp3) is 0.800. The Morgan fingerprint density at radius 3 is 2.12 bits per heavy atom. The predicted molar refractivity (Wildman–Crippen MR) is 40.5 cm³/mol. The van der Waals surface area contributed by atoms with E-state index in [9.17, 15) is 0 Å². The molecule has 0 saturated carbocycles. The first-order chi connectivity index (χ1) is 3.56. The molecule has 0 rings (SSSR count). The number of nitrogens with zero attached hydrogens (tertiary/aromatic N) is 1. The molecule has 8 heavy (non-hydrogen) atoms.